The summed E-state index contributed by atoms with van der Waals surface area (Å²) in [6.07, 6.45) is -3.86. The molecule has 0 aromatic rings. The van der Waals surface area contributed by atoms with Gasteiger partial charge in [-0.15, -0.1) is 0 Å². The Morgan fingerprint density at radius 3 is 0.676 bits per heavy atom. The summed E-state index contributed by atoms with van der Waals surface area (Å²) in [6.45, 7) is 1.84. The first-order valence-electron chi connectivity index (χ1n) is 15.5. The molecular formula is C18H66Eu2N8O34P6+2. The standard InChI is InChI=1S/2C9H24N3O9P3.2Eu.2NO3.10H2O/c2*13-22(14,15)7-10-1-2-11(8-23(16,17)18)5-6-12(4-3-10)9-24(19,20)21;;;2*2-1(3)4;;;;;;;;;;/h2*1-9H2,(H2,13,14,15)(H2,16,17,18)(H2,19,20,21);;;;;10*1H2/q;;2*+3;2*-1;;;;;;;;;;/p-2. The van der Waals surface area contributed by atoms with Crippen molar-refractivity contribution in [1.29, 1.82) is 0 Å². The van der Waals surface area contributed by atoms with Gasteiger partial charge in [0.25, 0.3) is 0 Å². The number of nitrogens with zero attached hydrogens (tertiary/aromatic N) is 4. The van der Waals surface area contributed by atoms with Crippen LogP contribution in [-0.2, 0) is 38.3 Å². The van der Waals surface area contributed by atoms with E-state index in [-0.39, 0.29) is 232 Å². The SMILES string of the molecule is O.O.O.O.O.O.O.O.O=P([O-])([O-])C[NH+]1CCN(CP(=O)([O-])O)CC[NH+](CP(=O)([O-])O)CC1.O=P([O-])([O-])C[NH+]1CCN(CP(=O)([O-])O)CC[NH+](CP(=O)([O-])O)CC1.O=[N+]([O-])[O-].O=[N+]([O-])[O-].[Eu+3].[Eu+3].[OH3+].[OH3+]. The van der Waals surface area contributed by atoms with Crippen LogP contribution in [0.1, 0.15) is 0 Å². The molecule has 2 aliphatic rings. The number of hydrogen-bond acceptors (Lipinski definition) is 22. The second-order valence-corrected chi connectivity index (χ2v) is 21.7. The van der Waals surface area contributed by atoms with Crippen molar-refractivity contribution in [3.05, 3.63) is 30.6 Å². The van der Waals surface area contributed by atoms with Crippen LogP contribution in [0.15, 0.2) is 0 Å². The van der Waals surface area contributed by atoms with E-state index in [1.54, 1.807) is 0 Å². The Labute approximate surface area is 467 Å². The molecule has 0 amide bonds. The van der Waals surface area contributed by atoms with Crippen molar-refractivity contribution in [2.24, 2.45) is 0 Å². The molecule has 0 aromatic carbocycles. The van der Waals surface area contributed by atoms with Crippen molar-refractivity contribution in [3.8, 4) is 0 Å². The molecule has 2 saturated heterocycles. The number of hydrogen-bond donors (Lipinski definition) is 8. The van der Waals surface area contributed by atoms with Crippen LogP contribution in [0.5, 0.6) is 0 Å². The molecule has 8 atom stereocenters. The quantitative estimate of drug-likeness (QED) is 0.0389. The third kappa shape index (κ3) is 79.2. The molecule has 42 nitrogen and oxygen atoms in total. The average Bonchev–Trinajstić information content (AvgIpc) is 3.04. The van der Waals surface area contributed by atoms with Crippen molar-refractivity contribution < 1.29 is 269 Å². The Hall–Kier alpha value is 1.83. The van der Waals surface area contributed by atoms with Gasteiger partial charge in [-0.1, -0.05) is 0 Å². The van der Waals surface area contributed by atoms with Gasteiger partial charge in [-0.2, -0.15) is 0 Å². The van der Waals surface area contributed by atoms with Gasteiger partial charge < -0.3 is 191 Å². The third-order valence-corrected chi connectivity index (χ3v) is 12.1. The molecule has 30 N–H and O–H groups in total. The van der Waals surface area contributed by atoms with E-state index in [9.17, 15) is 66.5 Å². The second kappa shape index (κ2) is 49.7. The van der Waals surface area contributed by atoms with Crippen molar-refractivity contribution in [1.82, 2.24) is 9.80 Å². The molecule has 0 bridgehead atoms. The van der Waals surface area contributed by atoms with Crippen LogP contribution in [0.2, 0.25) is 0 Å². The topological polar surface area (TPSA) is 842 Å². The Morgan fingerprint density at radius 2 is 0.544 bits per heavy atom. The molecule has 424 valence electrons. The first kappa shape index (κ1) is 106. The summed E-state index contributed by atoms with van der Waals surface area (Å²) in [4.78, 5) is 145. The summed E-state index contributed by atoms with van der Waals surface area (Å²) >= 11 is 0. The molecule has 0 aliphatic carbocycles. The normalized spacial score (nSPS) is 21.7. The van der Waals surface area contributed by atoms with E-state index in [1.165, 1.54) is 9.80 Å². The Bertz CT molecular complexity index is 1210. The molecule has 2 fully saturated rings. The van der Waals surface area contributed by atoms with Gasteiger partial charge in [0.2, 0.25) is 0 Å². The zero-order valence-electron chi connectivity index (χ0n) is 35.1. The van der Waals surface area contributed by atoms with E-state index < -0.39 is 93.5 Å². The monoisotopic (exact) mass is 1430 g/mol. The molecular weight excluding hydrogens is 1360 g/mol. The van der Waals surface area contributed by atoms with E-state index in [4.69, 9.17) is 50.2 Å². The molecule has 0 aromatic heterocycles. The predicted octanol–water partition coefficient (Wildman–Crippen LogP) is -23.0. The molecule has 2 heterocycles. The van der Waals surface area contributed by atoms with Gasteiger partial charge in [-0.05, 0) is 15.2 Å². The fraction of sp³-hybridized carbons (Fsp3) is 1.00. The maximum atomic E-state index is 11.1. The molecule has 0 spiro atoms. The molecule has 50 heteroatoms. The van der Waals surface area contributed by atoms with E-state index in [0.717, 1.165) is 0 Å². The van der Waals surface area contributed by atoms with Gasteiger partial charge >= 0.3 is 98.8 Å². The van der Waals surface area contributed by atoms with Crippen LogP contribution in [0.4, 0.5) is 0 Å². The van der Waals surface area contributed by atoms with E-state index in [1.807, 2.05) is 0 Å². The van der Waals surface area contributed by atoms with Gasteiger partial charge in [-0.25, -0.2) is 0 Å². The second-order valence-electron chi connectivity index (χ2n) is 12.4. The van der Waals surface area contributed by atoms with Crippen LogP contribution >= 0.6 is 45.6 Å². The smallest absolute Gasteiger partial charge is 0.807 e. The van der Waals surface area contributed by atoms with E-state index in [2.05, 4.69) is 0 Å². The van der Waals surface area contributed by atoms with Gasteiger partial charge in [0.1, 0.15) is 66.5 Å². The Morgan fingerprint density at radius 1 is 0.382 bits per heavy atom. The Balaban J connectivity index is -0.0000000533. The maximum Gasteiger partial charge on any atom is 3.00 e. The minimum atomic E-state index is -4.80. The summed E-state index contributed by atoms with van der Waals surface area (Å²) in [6, 6.07) is 0. The van der Waals surface area contributed by atoms with Crippen molar-refractivity contribution in [2.45, 2.75) is 0 Å². The minimum Gasteiger partial charge on any atom is -0.807 e. The summed E-state index contributed by atoms with van der Waals surface area (Å²) in [7, 11) is -27.9. The van der Waals surface area contributed by atoms with E-state index in [0.29, 0.717) is 19.6 Å². The van der Waals surface area contributed by atoms with Crippen LogP contribution in [-0.4, -0.2) is 200 Å². The minimum absolute atomic E-state index is 0. The van der Waals surface area contributed by atoms with Gasteiger partial charge in [-0.3, -0.25) is 9.80 Å². The predicted molar refractivity (Wildman–Crippen MR) is 209 cm³/mol. The van der Waals surface area contributed by atoms with Crippen molar-refractivity contribution >= 4 is 45.6 Å². The summed E-state index contributed by atoms with van der Waals surface area (Å²) < 4.78 is 66.2. The first-order chi connectivity index (χ1) is 24.9. The first-order valence-corrected chi connectivity index (χ1v) is 26.0. The van der Waals surface area contributed by atoms with Crippen LogP contribution in [0.3, 0.4) is 0 Å². The maximum absolute atomic E-state index is 11.1. The summed E-state index contributed by atoms with van der Waals surface area (Å²) in [5.41, 5.74) is 0. The largest absolute Gasteiger partial charge is 3.00 e. The van der Waals surface area contributed by atoms with Crippen LogP contribution < -0.4 is 58.7 Å². The molecule has 0 saturated carbocycles. The zero-order valence-corrected chi connectivity index (χ0v) is 45.3. The molecule has 8 unspecified atom stereocenters. The summed E-state index contributed by atoms with van der Waals surface area (Å²) in [5, 5.41) is 29.5. The third-order valence-electron chi connectivity index (χ3n) is 7.23. The summed E-state index contributed by atoms with van der Waals surface area (Å²) in [5.74, 6) is 0. The molecule has 2 aliphatic heterocycles. The van der Waals surface area contributed by atoms with E-state index >= 15 is 0 Å². The van der Waals surface area contributed by atoms with Crippen LogP contribution in [0.25, 0.3) is 0 Å². The number of rotatable bonds is 12. The fourth-order valence-corrected chi connectivity index (χ4v) is 10.3. The fourth-order valence-electron chi connectivity index (χ4n) is 5.23. The number of nitrogens with one attached hydrogen (secondary N) is 4. The zero-order chi connectivity index (χ0) is 44.3. The van der Waals surface area contributed by atoms with Crippen LogP contribution in [0, 0.1) is 129 Å². The van der Waals surface area contributed by atoms with Crippen molar-refractivity contribution in [3.63, 3.8) is 0 Å². The molecule has 2 rings (SSSR count). The molecule has 0 radical (unpaired) electrons. The average molecular weight is 1430 g/mol. The van der Waals surface area contributed by atoms with Gasteiger partial charge in [0.05, 0.1) is 48.9 Å². The van der Waals surface area contributed by atoms with Crippen molar-refractivity contribution in [2.75, 3.05) is 116 Å². The Kier molecular flexibility index (Phi) is 77.6. The molecule has 68 heavy (non-hydrogen) atoms. The number of quaternary nitrogens is 4. The van der Waals surface area contributed by atoms with Gasteiger partial charge in [0.15, 0.2) is 15.2 Å². The van der Waals surface area contributed by atoms with Gasteiger partial charge in [0, 0.05) is 26.2 Å².